The molecule has 1 aliphatic rings. The van der Waals surface area contributed by atoms with Crippen molar-refractivity contribution in [2.75, 3.05) is 19.6 Å². The number of nitrogens with zero attached hydrogens (tertiary/aromatic N) is 1. The zero-order chi connectivity index (χ0) is 14.3. The van der Waals surface area contributed by atoms with Crippen molar-refractivity contribution in [3.63, 3.8) is 0 Å². The fraction of sp³-hybridized carbons (Fsp3) is 0.857. The zero-order valence-corrected chi connectivity index (χ0v) is 12.1. The third-order valence-electron chi connectivity index (χ3n) is 4.08. The quantitative estimate of drug-likeness (QED) is 0.698. The van der Waals surface area contributed by atoms with E-state index in [4.69, 9.17) is 0 Å². The lowest BCUT2D eigenvalue weighted by molar-refractivity contribution is -0.148. The molecular weight excluding hydrogens is 244 g/mol. The van der Waals surface area contributed by atoms with E-state index in [9.17, 15) is 14.7 Å². The van der Waals surface area contributed by atoms with Gasteiger partial charge in [-0.1, -0.05) is 33.1 Å². The van der Waals surface area contributed by atoms with Gasteiger partial charge in [0.1, 0.15) is 0 Å². The Kier molecular flexibility index (Phi) is 6.12. The summed E-state index contributed by atoms with van der Waals surface area (Å²) in [6.07, 6.45) is 5.62. The molecule has 1 rings (SSSR count). The molecule has 1 atom stereocenters. The van der Waals surface area contributed by atoms with E-state index < -0.39 is 11.4 Å². The van der Waals surface area contributed by atoms with Crippen LogP contribution in [-0.4, -0.2) is 41.6 Å². The first-order chi connectivity index (χ1) is 9.05. The minimum Gasteiger partial charge on any atom is -0.481 e. The van der Waals surface area contributed by atoms with Gasteiger partial charge in [-0.25, -0.2) is 4.79 Å². The highest BCUT2D eigenvalue weighted by Gasteiger charge is 2.44. The lowest BCUT2D eigenvalue weighted by Crippen LogP contribution is -2.41. The lowest BCUT2D eigenvalue weighted by Gasteiger charge is -2.23. The summed E-state index contributed by atoms with van der Waals surface area (Å²) in [6.45, 7) is 5.58. The van der Waals surface area contributed by atoms with Crippen LogP contribution in [0.25, 0.3) is 0 Å². The summed E-state index contributed by atoms with van der Waals surface area (Å²) in [5.41, 5.74) is -0.737. The van der Waals surface area contributed by atoms with Crippen LogP contribution in [0.4, 0.5) is 4.79 Å². The molecule has 1 saturated heterocycles. The molecule has 2 N–H and O–H groups in total. The van der Waals surface area contributed by atoms with Gasteiger partial charge in [0.15, 0.2) is 0 Å². The standard InChI is InChI=1S/C14H26N2O3/c1-3-5-6-7-9-15-13(19)16-10-8-14(4-2,11-16)12(17)18/h3-11H2,1-2H3,(H,15,19)(H,17,18). The van der Waals surface area contributed by atoms with Gasteiger partial charge >= 0.3 is 12.0 Å². The van der Waals surface area contributed by atoms with Crippen LogP contribution >= 0.6 is 0 Å². The predicted molar refractivity (Wildman–Crippen MR) is 74.1 cm³/mol. The molecule has 0 aromatic rings. The summed E-state index contributed by atoms with van der Waals surface area (Å²) < 4.78 is 0. The number of aliphatic carboxylic acids is 1. The van der Waals surface area contributed by atoms with Gasteiger partial charge in [-0.2, -0.15) is 0 Å². The second kappa shape index (κ2) is 7.36. The van der Waals surface area contributed by atoms with Crippen molar-refractivity contribution >= 4 is 12.0 Å². The van der Waals surface area contributed by atoms with E-state index in [2.05, 4.69) is 12.2 Å². The van der Waals surface area contributed by atoms with Crippen LogP contribution in [0, 0.1) is 5.41 Å². The van der Waals surface area contributed by atoms with Crippen molar-refractivity contribution in [2.24, 2.45) is 5.41 Å². The van der Waals surface area contributed by atoms with Crippen molar-refractivity contribution in [1.82, 2.24) is 10.2 Å². The van der Waals surface area contributed by atoms with Crippen molar-refractivity contribution < 1.29 is 14.7 Å². The molecule has 110 valence electrons. The number of carboxylic acids is 1. The molecule has 19 heavy (non-hydrogen) atoms. The Balaban J connectivity index is 2.33. The molecule has 0 aromatic carbocycles. The maximum absolute atomic E-state index is 11.9. The maximum Gasteiger partial charge on any atom is 0.317 e. The monoisotopic (exact) mass is 270 g/mol. The van der Waals surface area contributed by atoms with Crippen LogP contribution in [0.1, 0.15) is 52.4 Å². The number of hydrogen-bond donors (Lipinski definition) is 2. The van der Waals surface area contributed by atoms with E-state index in [-0.39, 0.29) is 6.03 Å². The summed E-state index contributed by atoms with van der Waals surface area (Å²) in [5, 5.41) is 12.2. The molecule has 1 heterocycles. The highest BCUT2D eigenvalue weighted by molar-refractivity contribution is 5.79. The number of carbonyl (C=O) groups excluding carboxylic acids is 1. The van der Waals surface area contributed by atoms with Gasteiger partial charge in [0.2, 0.25) is 0 Å². The number of amides is 2. The number of carbonyl (C=O) groups is 2. The summed E-state index contributed by atoms with van der Waals surface area (Å²) in [7, 11) is 0. The minimum absolute atomic E-state index is 0.118. The average Bonchev–Trinajstić information content (AvgIpc) is 2.84. The van der Waals surface area contributed by atoms with Crippen molar-refractivity contribution in [2.45, 2.75) is 52.4 Å². The third-order valence-corrected chi connectivity index (χ3v) is 4.08. The fourth-order valence-corrected chi connectivity index (χ4v) is 2.52. The van der Waals surface area contributed by atoms with E-state index in [1.54, 1.807) is 4.90 Å². The Labute approximate surface area is 115 Å². The summed E-state index contributed by atoms with van der Waals surface area (Å²) >= 11 is 0. The van der Waals surface area contributed by atoms with E-state index in [0.29, 0.717) is 32.5 Å². The van der Waals surface area contributed by atoms with Crippen LogP contribution in [0.5, 0.6) is 0 Å². The Bertz CT molecular complexity index is 320. The van der Waals surface area contributed by atoms with Crippen molar-refractivity contribution in [3.05, 3.63) is 0 Å². The number of nitrogens with one attached hydrogen (secondary N) is 1. The van der Waals surface area contributed by atoms with Gasteiger partial charge in [0.25, 0.3) is 0 Å². The summed E-state index contributed by atoms with van der Waals surface area (Å²) in [4.78, 5) is 24.9. The molecule has 5 heteroatoms. The van der Waals surface area contributed by atoms with Gasteiger partial charge in [-0.05, 0) is 19.3 Å². The Hall–Kier alpha value is -1.26. The molecular formula is C14H26N2O3. The third kappa shape index (κ3) is 4.11. The van der Waals surface area contributed by atoms with Crippen LogP contribution in [0.15, 0.2) is 0 Å². The average molecular weight is 270 g/mol. The maximum atomic E-state index is 11.9. The topological polar surface area (TPSA) is 69.6 Å². The SMILES string of the molecule is CCCCCCNC(=O)N1CCC(CC)(C(=O)O)C1. The highest BCUT2D eigenvalue weighted by atomic mass is 16.4. The molecule has 0 spiro atoms. The van der Waals surface area contributed by atoms with Gasteiger partial charge in [0, 0.05) is 19.6 Å². The molecule has 0 aromatic heterocycles. The smallest absolute Gasteiger partial charge is 0.317 e. The van der Waals surface area contributed by atoms with Crippen LogP contribution < -0.4 is 5.32 Å². The van der Waals surface area contributed by atoms with Crippen LogP contribution in [0.2, 0.25) is 0 Å². The van der Waals surface area contributed by atoms with Gasteiger partial charge in [0.05, 0.1) is 5.41 Å². The van der Waals surface area contributed by atoms with E-state index >= 15 is 0 Å². The molecule has 1 unspecified atom stereocenters. The molecule has 2 amide bonds. The highest BCUT2D eigenvalue weighted by Crippen LogP contribution is 2.34. The van der Waals surface area contributed by atoms with Gasteiger partial charge in [-0.15, -0.1) is 0 Å². The number of urea groups is 1. The largest absolute Gasteiger partial charge is 0.481 e. The number of unbranched alkanes of at least 4 members (excludes halogenated alkanes) is 3. The van der Waals surface area contributed by atoms with E-state index in [0.717, 1.165) is 12.8 Å². The molecule has 0 aliphatic carbocycles. The Morgan fingerprint density at radius 1 is 1.26 bits per heavy atom. The predicted octanol–water partition coefficient (Wildman–Crippen LogP) is 2.46. The number of rotatable bonds is 7. The normalized spacial score (nSPS) is 22.5. The van der Waals surface area contributed by atoms with E-state index in [1.807, 2.05) is 6.92 Å². The molecule has 0 radical (unpaired) electrons. The van der Waals surface area contributed by atoms with Crippen molar-refractivity contribution in [3.8, 4) is 0 Å². The Morgan fingerprint density at radius 3 is 2.53 bits per heavy atom. The van der Waals surface area contributed by atoms with Gasteiger partial charge < -0.3 is 15.3 Å². The molecule has 1 aliphatic heterocycles. The number of likely N-dealkylation sites (tertiary alicyclic amines) is 1. The zero-order valence-electron chi connectivity index (χ0n) is 12.1. The first-order valence-electron chi connectivity index (χ1n) is 7.32. The van der Waals surface area contributed by atoms with Gasteiger partial charge in [-0.3, -0.25) is 4.79 Å². The Morgan fingerprint density at radius 2 is 2.00 bits per heavy atom. The molecule has 0 saturated carbocycles. The molecule has 5 nitrogen and oxygen atoms in total. The molecule has 0 bridgehead atoms. The fourth-order valence-electron chi connectivity index (χ4n) is 2.52. The first kappa shape index (κ1) is 15.8. The number of hydrogen-bond acceptors (Lipinski definition) is 2. The van der Waals surface area contributed by atoms with Crippen LogP contribution in [0.3, 0.4) is 0 Å². The second-order valence-electron chi connectivity index (χ2n) is 5.40. The summed E-state index contributed by atoms with van der Waals surface area (Å²) in [6, 6.07) is -0.118. The van der Waals surface area contributed by atoms with E-state index in [1.165, 1.54) is 12.8 Å². The second-order valence-corrected chi connectivity index (χ2v) is 5.40. The summed E-state index contributed by atoms with van der Waals surface area (Å²) in [5.74, 6) is -0.784. The first-order valence-corrected chi connectivity index (χ1v) is 7.32. The molecule has 1 fully saturated rings. The number of carboxylic acid groups (broad SMARTS) is 1. The van der Waals surface area contributed by atoms with Crippen LogP contribution in [-0.2, 0) is 4.79 Å². The lowest BCUT2D eigenvalue weighted by atomic mass is 9.84. The minimum atomic E-state index is -0.784. The van der Waals surface area contributed by atoms with Crippen molar-refractivity contribution in [1.29, 1.82) is 0 Å².